The van der Waals surface area contributed by atoms with Crippen molar-refractivity contribution in [3.05, 3.63) is 11.6 Å². The van der Waals surface area contributed by atoms with Gasteiger partial charge in [0.05, 0.1) is 0 Å². The zero-order chi connectivity index (χ0) is 11.9. The van der Waals surface area contributed by atoms with Gasteiger partial charge in [-0.25, -0.2) is 0 Å². The molecule has 1 fully saturated rings. The summed E-state index contributed by atoms with van der Waals surface area (Å²) in [7, 11) is 0. The van der Waals surface area contributed by atoms with Crippen molar-refractivity contribution in [3.63, 3.8) is 0 Å². The molecule has 0 aromatic carbocycles. The Kier molecular flexibility index (Phi) is 2.85. The lowest BCUT2D eigenvalue weighted by molar-refractivity contribution is -0.132. The second-order valence-electron chi connectivity index (χ2n) is 6.33. The Morgan fingerprint density at radius 1 is 1.44 bits per heavy atom. The molecule has 2 atom stereocenters. The van der Waals surface area contributed by atoms with Crippen LogP contribution in [-0.4, -0.2) is 23.9 Å². The van der Waals surface area contributed by atoms with Crippen LogP contribution in [-0.2, 0) is 4.79 Å². The molecule has 16 heavy (non-hydrogen) atoms. The van der Waals surface area contributed by atoms with Crippen LogP contribution in [0.15, 0.2) is 11.6 Å². The molecule has 2 heteroatoms. The Labute approximate surface area is 98.7 Å². The average molecular weight is 221 g/mol. The first kappa shape index (κ1) is 11.7. The quantitative estimate of drug-likeness (QED) is 0.623. The molecular weight excluding hydrogens is 198 g/mol. The highest BCUT2D eigenvalue weighted by atomic mass is 16.2. The number of rotatable bonds is 1. The average Bonchev–Trinajstić information content (AvgIpc) is 2.93. The van der Waals surface area contributed by atoms with Gasteiger partial charge in [-0.15, -0.1) is 0 Å². The van der Waals surface area contributed by atoms with E-state index in [0.717, 1.165) is 25.9 Å². The smallest absolute Gasteiger partial charge is 0.226 e. The van der Waals surface area contributed by atoms with Crippen molar-refractivity contribution >= 4 is 5.91 Å². The maximum atomic E-state index is 12.0. The summed E-state index contributed by atoms with van der Waals surface area (Å²) in [6, 6.07) is 0. The highest BCUT2D eigenvalue weighted by Gasteiger charge is 2.41. The Morgan fingerprint density at radius 2 is 2.06 bits per heavy atom. The highest BCUT2D eigenvalue weighted by molar-refractivity contribution is 5.81. The van der Waals surface area contributed by atoms with Crippen molar-refractivity contribution in [1.82, 2.24) is 4.90 Å². The zero-order valence-corrected chi connectivity index (χ0v) is 10.9. The molecule has 1 saturated carbocycles. The number of hydrogen-bond acceptors (Lipinski definition) is 1. The molecule has 1 aliphatic heterocycles. The molecule has 2 nitrogen and oxygen atoms in total. The van der Waals surface area contributed by atoms with E-state index < -0.39 is 0 Å². The summed E-state index contributed by atoms with van der Waals surface area (Å²) in [6.45, 7) is 10.7. The second kappa shape index (κ2) is 3.90. The summed E-state index contributed by atoms with van der Waals surface area (Å²) in [6.07, 6.45) is 4.41. The Bertz CT molecular complexity index is 324. The van der Waals surface area contributed by atoms with Gasteiger partial charge in [-0.1, -0.05) is 39.3 Å². The van der Waals surface area contributed by atoms with Crippen molar-refractivity contribution in [2.45, 2.75) is 40.5 Å². The van der Waals surface area contributed by atoms with Gasteiger partial charge in [-0.05, 0) is 24.2 Å². The minimum Gasteiger partial charge on any atom is -0.338 e. The number of hydrogen-bond donors (Lipinski definition) is 0. The van der Waals surface area contributed by atoms with Crippen LogP contribution in [0.2, 0.25) is 0 Å². The van der Waals surface area contributed by atoms with Gasteiger partial charge in [-0.3, -0.25) is 4.79 Å². The maximum absolute atomic E-state index is 12.0. The van der Waals surface area contributed by atoms with Crippen LogP contribution in [0, 0.1) is 17.3 Å². The molecule has 1 heterocycles. The van der Waals surface area contributed by atoms with Gasteiger partial charge in [0.15, 0.2) is 0 Å². The van der Waals surface area contributed by atoms with E-state index in [1.165, 1.54) is 5.57 Å². The Morgan fingerprint density at radius 3 is 2.44 bits per heavy atom. The van der Waals surface area contributed by atoms with Crippen LogP contribution in [0.5, 0.6) is 0 Å². The van der Waals surface area contributed by atoms with E-state index in [4.69, 9.17) is 0 Å². The third kappa shape index (κ3) is 2.31. The number of nitrogens with zero attached hydrogens (tertiary/aromatic N) is 1. The molecule has 2 aliphatic rings. The van der Waals surface area contributed by atoms with E-state index in [1.54, 1.807) is 0 Å². The van der Waals surface area contributed by atoms with Crippen LogP contribution < -0.4 is 0 Å². The lowest BCUT2D eigenvalue weighted by atomic mass is 9.83. The molecule has 0 saturated heterocycles. The molecule has 0 radical (unpaired) electrons. The van der Waals surface area contributed by atoms with Crippen molar-refractivity contribution in [3.8, 4) is 0 Å². The minimum atomic E-state index is 0.266. The van der Waals surface area contributed by atoms with Crippen molar-refractivity contribution in [1.29, 1.82) is 0 Å². The number of amides is 1. The highest BCUT2D eigenvalue weighted by Crippen LogP contribution is 2.40. The molecule has 1 aliphatic carbocycles. The molecule has 0 N–H and O–H groups in total. The van der Waals surface area contributed by atoms with Crippen LogP contribution in [0.3, 0.4) is 0 Å². The Hall–Kier alpha value is -0.790. The predicted octanol–water partition coefficient (Wildman–Crippen LogP) is 2.85. The first-order chi connectivity index (χ1) is 7.39. The Balaban J connectivity index is 1.94. The maximum Gasteiger partial charge on any atom is 0.226 e. The fourth-order valence-corrected chi connectivity index (χ4v) is 2.45. The summed E-state index contributed by atoms with van der Waals surface area (Å²) < 4.78 is 0. The standard InChI is InChI=1S/C14H23NO/c1-10-9-12(10)13(16)15-7-5-11(6-8-15)14(2,3)4/h5,10,12H,6-9H2,1-4H3. The second-order valence-corrected chi connectivity index (χ2v) is 6.33. The summed E-state index contributed by atoms with van der Waals surface area (Å²) in [5.74, 6) is 1.35. The summed E-state index contributed by atoms with van der Waals surface area (Å²) in [5.41, 5.74) is 1.77. The number of carbonyl (C=O) groups excluding carboxylic acids is 1. The molecule has 2 unspecified atom stereocenters. The largest absolute Gasteiger partial charge is 0.338 e. The topological polar surface area (TPSA) is 20.3 Å². The molecule has 0 spiro atoms. The van der Waals surface area contributed by atoms with Gasteiger partial charge in [0.25, 0.3) is 0 Å². The van der Waals surface area contributed by atoms with E-state index in [0.29, 0.717) is 17.7 Å². The third-order valence-corrected chi connectivity index (χ3v) is 3.91. The fourth-order valence-electron chi connectivity index (χ4n) is 2.45. The van der Waals surface area contributed by atoms with Crippen LogP contribution in [0.25, 0.3) is 0 Å². The SMILES string of the molecule is CC1CC1C(=O)N1CC=C(C(C)(C)C)CC1. The lowest BCUT2D eigenvalue weighted by Crippen LogP contribution is -2.37. The lowest BCUT2D eigenvalue weighted by Gasteiger charge is -2.32. The fraction of sp³-hybridized carbons (Fsp3) is 0.786. The third-order valence-electron chi connectivity index (χ3n) is 3.91. The monoisotopic (exact) mass is 221 g/mol. The molecule has 0 aromatic heterocycles. The zero-order valence-electron chi connectivity index (χ0n) is 10.9. The predicted molar refractivity (Wildman–Crippen MR) is 66.0 cm³/mol. The minimum absolute atomic E-state index is 0.266. The normalized spacial score (nSPS) is 30.0. The van der Waals surface area contributed by atoms with Gasteiger partial charge < -0.3 is 4.90 Å². The van der Waals surface area contributed by atoms with E-state index in [9.17, 15) is 4.79 Å². The van der Waals surface area contributed by atoms with Gasteiger partial charge in [0.2, 0.25) is 5.91 Å². The van der Waals surface area contributed by atoms with Gasteiger partial charge in [0.1, 0.15) is 0 Å². The van der Waals surface area contributed by atoms with E-state index in [1.807, 2.05) is 4.90 Å². The van der Waals surface area contributed by atoms with E-state index in [-0.39, 0.29) is 5.41 Å². The van der Waals surface area contributed by atoms with Gasteiger partial charge in [0, 0.05) is 19.0 Å². The van der Waals surface area contributed by atoms with Crippen molar-refractivity contribution < 1.29 is 4.79 Å². The van der Waals surface area contributed by atoms with Gasteiger partial charge >= 0.3 is 0 Å². The van der Waals surface area contributed by atoms with Crippen LogP contribution >= 0.6 is 0 Å². The molecular formula is C14H23NO. The molecule has 90 valence electrons. The summed E-state index contributed by atoms with van der Waals surface area (Å²) >= 11 is 0. The molecule has 1 amide bonds. The van der Waals surface area contributed by atoms with Crippen LogP contribution in [0.4, 0.5) is 0 Å². The number of carbonyl (C=O) groups is 1. The van der Waals surface area contributed by atoms with Gasteiger partial charge in [-0.2, -0.15) is 0 Å². The summed E-state index contributed by atoms with van der Waals surface area (Å²) in [5, 5.41) is 0. The van der Waals surface area contributed by atoms with Crippen molar-refractivity contribution in [2.24, 2.45) is 17.3 Å². The molecule has 0 aromatic rings. The summed E-state index contributed by atoms with van der Waals surface area (Å²) in [4.78, 5) is 14.1. The van der Waals surface area contributed by atoms with Crippen molar-refractivity contribution in [2.75, 3.05) is 13.1 Å². The van der Waals surface area contributed by atoms with Crippen LogP contribution in [0.1, 0.15) is 40.5 Å². The van der Waals surface area contributed by atoms with E-state index in [2.05, 4.69) is 33.8 Å². The first-order valence-electron chi connectivity index (χ1n) is 6.38. The first-order valence-corrected chi connectivity index (χ1v) is 6.38. The molecule has 2 rings (SSSR count). The molecule has 0 bridgehead atoms. The van der Waals surface area contributed by atoms with E-state index >= 15 is 0 Å².